The molecule has 1 aliphatic rings. The molecule has 0 saturated carbocycles. The lowest BCUT2D eigenvalue weighted by Crippen LogP contribution is -2.27. The maximum atomic E-state index is 12.7. The van der Waals surface area contributed by atoms with Gasteiger partial charge in [0.25, 0.3) is 0 Å². The average molecular weight is 321 g/mol. The second kappa shape index (κ2) is 7.76. The Morgan fingerprint density at radius 2 is 2.00 bits per heavy atom. The number of aliphatic imine (C=N–C) groups is 1. The molecule has 0 spiro atoms. The second-order valence-corrected chi connectivity index (χ2v) is 5.70. The molecule has 0 saturated heterocycles. The van der Waals surface area contributed by atoms with Crippen LogP contribution in [0, 0.1) is 5.92 Å². The van der Waals surface area contributed by atoms with Crippen LogP contribution >= 0.6 is 0 Å². The number of ether oxygens (including phenoxy) is 1. The van der Waals surface area contributed by atoms with Gasteiger partial charge in [0.05, 0.1) is 18.2 Å². The minimum Gasteiger partial charge on any atom is -0.478 e. The second-order valence-electron chi connectivity index (χ2n) is 5.70. The molecule has 0 aromatic carbocycles. The lowest BCUT2D eigenvalue weighted by molar-refractivity contribution is -0.133. The molecular weight excluding hydrogens is 299 g/mol. The average Bonchev–Trinajstić information content (AvgIpc) is 2.38. The Morgan fingerprint density at radius 1 is 1.36 bits per heavy atom. The van der Waals surface area contributed by atoms with Gasteiger partial charge in [-0.05, 0) is 44.1 Å². The number of halogens is 3. The maximum Gasteiger partial charge on any atom is 0.428 e. The van der Waals surface area contributed by atoms with Crippen LogP contribution in [0.15, 0.2) is 16.1 Å². The van der Waals surface area contributed by atoms with Crippen LogP contribution in [0.25, 0.3) is 0 Å². The number of carbonyl (C=O) groups is 1. The summed E-state index contributed by atoms with van der Waals surface area (Å²) in [6.45, 7) is 2.98. The number of nitrogens with zero attached hydrogens (tertiary/aromatic N) is 1. The van der Waals surface area contributed by atoms with Gasteiger partial charge in [-0.3, -0.25) is 4.99 Å². The van der Waals surface area contributed by atoms with Crippen LogP contribution in [-0.4, -0.2) is 42.7 Å². The zero-order valence-electron chi connectivity index (χ0n) is 13.0. The van der Waals surface area contributed by atoms with Crippen LogP contribution in [0.5, 0.6) is 0 Å². The van der Waals surface area contributed by atoms with Crippen LogP contribution in [0.2, 0.25) is 0 Å². The minimum atomic E-state index is -4.54. The summed E-state index contributed by atoms with van der Waals surface area (Å²) in [7, 11) is 1.44. The van der Waals surface area contributed by atoms with Crippen LogP contribution in [0.3, 0.4) is 0 Å². The predicted molar refractivity (Wildman–Crippen MR) is 77.1 cm³/mol. The zero-order chi connectivity index (χ0) is 16.9. The highest BCUT2D eigenvalue weighted by molar-refractivity contribution is 5.92. The first-order valence-corrected chi connectivity index (χ1v) is 7.22. The van der Waals surface area contributed by atoms with E-state index in [2.05, 4.69) is 4.99 Å². The molecule has 0 fully saturated rings. The molecule has 2 unspecified atom stereocenters. The molecule has 7 heteroatoms. The molecule has 0 heterocycles. The van der Waals surface area contributed by atoms with Crippen molar-refractivity contribution in [1.29, 1.82) is 0 Å². The van der Waals surface area contributed by atoms with Gasteiger partial charge < -0.3 is 9.84 Å². The molecule has 4 nitrogen and oxygen atoms in total. The van der Waals surface area contributed by atoms with E-state index in [-0.39, 0.29) is 12.2 Å². The fourth-order valence-electron chi connectivity index (χ4n) is 2.58. The van der Waals surface area contributed by atoms with Crippen LogP contribution in [0.4, 0.5) is 13.2 Å². The van der Waals surface area contributed by atoms with E-state index in [9.17, 15) is 23.1 Å². The summed E-state index contributed by atoms with van der Waals surface area (Å²) in [5, 5.41) is 9.44. The van der Waals surface area contributed by atoms with Crippen LogP contribution in [0.1, 0.15) is 39.5 Å². The largest absolute Gasteiger partial charge is 0.478 e. The van der Waals surface area contributed by atoms with Crippen LogP contribution < -0.4 is 0 Å². The molecule has 0 aromatic heterocycles. The van der Waals surface area contributed by atoms with Crippen molar-refractivity contribution < 1.29 is 27.8 Å². The molecule has 0 aromatic rings. The summed E-state index contributed by atoms with van der Waals surface area (Å²) in [6.07, 6.45) is -2.29. The fourth-order valence-corrected chi connectivity index (χ4v) is 2.58. The highest BCUT2D eigenvalue weighted by atomic mass is 19.4. The van der Waals surface area contributed by atoms with E-state index in [0.717, 1.165) is 13.3 Å². The van der Waals surface area contributed by atoms with E-state index in [1.807, 2.05) is 6.92 Å². The van der Waals surface area contributed by atoms with Gasteiger partial charge in [-0.15, -0.1) is 0 Å². The number of carboxylic acid groups (broad SMARTS) is 1. The Labute approximate surface area is 128 Å². The van der Waals surface area contributed by atoms with Crippen molar-refractivity contribution in [2.75, 3.05) is 13.7 Å². The molecule has 126 valence electrons. The molecule has 1 N–H and O–H groups in total. The molecular formula is C15H22F3NO3. The smallest absolute Gasteiger partial charge is 0.428 e. The minimum absolute atomic E-state index is 0.0441. The van der Waals surface area contributed by atoms with Gasteiger partial charge in [0.1, 0.15) is 5.71 Å². The number of hydrogen-bond acceptors (Lipinski definition) is 3. The van der Waals surface area contributed by atoms with Crippen LogP contribution in [-0.2, 0) is 9.53 Å². The van der Waals surface area contributed by atoms with Crippen molar-refractivity contribution in [2.24, 2.45) is 10.9 Å². The van der Waals surface area contributed by atoms with Gasteiger partial charge >= 0.3 is 12.1 Å². The number of rotatable bonds is 4. The SMILES string of the molecule is COC/C1=C(\C(=O)O)C(N=C(C)C(F)(F)F)CCC(C)CC1. The van der Waals surface area contributed by atoms with Gasteiger partial charge in [0.2, 0.25) is 0 Å². The monoisotopic (exact) mass is 321 g/mol. The summed E-state index contributed by atoms with van der Waals surface area (Å²) < 4.78 is 43.2. The quantitative estimate of drug-likeness (QED) is 0.805. The lowest BCUT2D eigenvalue weighted by atomic mass is 9.85. The van der Waals surface area contributed by atoms with Gasteiger partial charge in [-0.2, -0.15) is 13.2 Å². The Hall–Kier alpha value is -1.37. The third kappa shape index (κ3) is 5.12. The Bertz CT molecular complexity index is 469. The van der Waals surface area contributed by atoms with E-state index in [4.69, 9.17) is 4.74 Å². The number of methoxy groups -OCH3 is 1. The first-order valence-electron chi connectivity index (χ1n) is 7.22. The summed E-state index contributed by atoms with van der Waals surface area (Å²) in [4.78, 5) is 15.2. The highest BCUT2D eigenvalue weighted by Gasteiger charge is 2.34. The summed E-state index contributed by atoms with van der Waals surface area (Å²) in [5.74, 6) is -0.906. The lowest BCUT2D eigenvalue weighted by Gasteiger charge is -2.25. The van der Waals surface area contributed by atoms with Crippen molar-refractivity contribution in [3.63, 3.8) is 0 Å². The van der Waals surface area contributed by atoms with Gasteiger partial charge in [-0.25, -0.2) is 4.79 Å². The van der Waals surface area contributed by atoms with E-state index < -0.39 is 23.9 Å². The normalized spacial score (nSPS) is 28.2. The van der Waals surface area contributed by atoms with Crippen molar-refractivity contribution in [3.8, 4) is 0 Å². The third-order valence-electron chi connectivity index (χ3n) is 3.89. The van der Waals surface area contributed by atoms with E-state index in [1.54, 1.807) is 0 Å². The Morgan fingerprint density at radius 3 is 2.50 bits per heavy atom. The number of aliphatic carboxylic acids is 1. The molecule has 22 heavy (non-hydrogen) atoms. The first-order chi connectivity index (χ1) is 10.2. The standard InChI is InChI=1S/C15H22F3NO3/c1-9-4-6-11(8-22-3)13(14(20)21)12(7-5-9)19-10(2)15(16,17)18/h9,12H,4-8H2,1-3H3,(H,20,21)/b13-11-,19-10?. The van der Waals surface area contributed by atoms with Gasteiger partial charge in [0.15, 0.2) is 0 Å². The molecule has 1 aliphatic carbocycles. The number of alkyl halides is 3. The molecule has 0 radical (unpaired) electrons. The van der Waals surface area contributed by atoms with Crippen molar-refractivity contribution in [1.82, 2.24) is 0 Å². The fraction of sp³-hybridized carbons (Fsp3) is 0.733. The Kier molecular flexibility index (Phi) is 6.59. The summed E-state index contributed by atoms with van der Waals surface area (Å²) in [6, 6.07) is -0.980. The molecule has 0 amide bonds. The topological polar surface area (TPSA) is 58.9 Å². The van der Waals surface area contributed by atoms with Crippen molar-refractivity contribution in [2.45, 2.75) is 51.7 Å². The first kappa shape index (κ1) is 18.7. The molecule has 2 atom stereocenters. The maximum absolute atomic E-state index is 12.7. The molecule has 1 rings (SSSR count). The third-order valence-corrected chi connectivity index (χ3v) is 3.89. The zero-order valence-corrected chi connectivity index (χ0v) is 13.0. The number of hydrogen-bond donors (Lipinski definition) is 1. The van der Waals surface area contributed by atoms with Gasteiger partial charge in [-0.1, -0.05) is 6.92 Å². The van der Waals surface area contributed by atoms with Gasteiger partial charge in [0, 0.05) is 7.11 Å². The summed E-state index contributed by atoms with van der Waals surface area (Å²) >= 11 is 0. The molecule has 0 bridgehead atoms. The summed E-state index contributed by atoms with van der Waals surface area (Å²) in [5.41, 5.74) is -0.510. The number of carboxylic acids is 1. The van der Waals surface area contributed by atoms with E-state index >= 15 is 0 Å². The molecule has 0 aliphatic heterocycles. The predicted octanol–water partition coefficient (Wildman–Crippen LogP) is 3.62. The van der Waals surface area contributed by atoms with E-state index in [1.165, 1.54) is 7.11 Å². The van der Waals surface area contributed by atoms with E-state index in [0.29, 0.717) is 30.8 Å². The Balaban J connectivity index is 3.29. The van der Waals surface area contributed by atoms with Crippen molar-refractivity contribution in [3.05, 3.63) is 11.1 Å². The van der Waals surface area contributed by atoms with Crippen molar-refractivity contribution >= 4 is 11.7 Å². The highest BCUT2D eigenvalue weighted by Crippen LogP contribution is 2.30.